The highest BCUT2D eigenvalue weighted by atomic mass is 19.2. The van der Waals surface area contributed by atoms with E-state index < -0.39 is 11.6 Å². The van der Waals surface area contributed by atoms with Crippen molar-refractivity contribution < 1.29 is 13.6 Å². The van der Waals surface area contributed by atoms with Gasteiger partial charge in [-0.25, -0.2) is 8.78 Å². The van der Waals surface area contributed by atoms with Crippen molar-refractivity contribution in [3.63, 3.8) is 0 Å². The van der Waals surface area contributed by atoms with Gasteiger partial charge in [0.2, 0.25) is 5.91 Å². The van der Waals surface area contributed by atoms with Gasteiger partial charge in [-0.15, -0.1) is 0 Å². The van der Waals surface area contributed by atoms with Crippen LogP contribution in [0, 0.1) is 17.6 Å². The Bertz CT molecular complexity index is 493. The molecule has 0 aromatic heterocycles. The molecule has 0 bridgehead atoms. The zero-order valence-electron chi connectivity index (χ0n) is 12.4. The maximum atomic E-state index is 13.2. The molecule has 1 heterocycles. The lowest BCUT2D eigenvalue weighted by molar-refractivity contribution is -0.131. The van der Waals surface area contributed by atoms with Crippen LogP contribution in [0.4, 0.5) is 8.78 Å². The number of likely N-dealkylation sites (N-methyl/N-ethyl adjacent to an activating group) is 1. The minimum absolute atomic E-state index is 0.134. The van der Waals surface area contributed by atoms with Crippen molar-refractivity contribution in [1.82, 2.24) is 10.2 Å². The first-order valence-corrected chi connectivity index (χ1v) is 7.46. The summed E-state index contributed by atoms with van der Waals surface area (Å²) in [5, 5.41) is 2.88. The zero-order chi connectivity index (χ0) is 15.2. The third kappa shape index (κ3) is 4.49. The van der Waals surface area contributed by atoms with Crippen molar-refractivity contribution in [3.05, 3.63) is 35.4 Å². The summed E-state index contributed by atoms with van der Waals surface area (Å²) in [6.45, 7) is 1.96. The molecule has 1 aromatic rings. The highest BCUT2D eigenvalue weighted by molar-refractivity contribution is 5.78. The third-order valence-corrected chi connectivity index (χ3v) is 4.02. The molecule has 0 saturated carbocycles. The first-order valence-electron chi connectivity index (χ1n) is 7.46. The summed E-state index contributed by atoms with van der Waals surface area (Å²) in [4.78, 5) is 13.8. The average molecular weight is 296 g/mol. The summed E-state index contributed by atoms with van der Waals surface area (Å²) in [7, 11) is 1.77. The smallest absolute Gasteiger partial charge is 0.236 e. The Balaban J connectivity index is 1.85. The number of likely N-dealkylation sites (tertiary alicyclic amines) is 1. The van der Waals surface area contributed by atoms with Crippen LogP contribution in [0.3, 0.4) is 0 Å². The van der Waals surface area contributed by atoms with Crippen molar-refractivity contribution in [2.24, 2.45) is 5.92 Å². The van der Waals surface area contributed by atoms with Gasteiger partial charge >= 0.3 is 0 Å². The van der Waals surface area contributed by atoms with Crippen LogP contribution in [-0.4, -0.2) is 37.5 Å². The quantitative estimate of drug-likeness (QED) is 0.904. The second-order valence-electron chi connectivity index (χ2n) is 5.67. The second kappa shape index (κ2) is 7.50. The fourth-order valence-electron chi connectivity index (χ4n) is 2.86. The van der Waals surface area contributed by atoms with E-state index in [2.05, 4.69) is 5.32 Å². The molecule has 1 fully saturated rings. The predicted octanol–water partition coefficient (Wildman–Crippen LogP) is 2.36. The van der Waals surface area contributed by atoms with Gasteiger partial charge in [0.1, 0.15) is 0 Å². The zero-order valence-corrected chi connectivity index (χ0v) is 12.4. The van der Waals surface area contributed by atoms with Gasteiger partial charge in [0.25, 0.3) is 0 Å². The summed E-state index contributed by atoms with van der Waals surface area (Å²) in [6, 6.07) is 4.07. The third-order valence-electron chi connectivity index (χ3n) is 4.02. The lowest BCUT2D eigenvalue weighted by Crippen LogP contribution is -2.43. The Morgan fingerprint density at radius 2 is 2.19 bits per heavy atom. The number of piperidine rings is 1. The van der Waals surface area contributed by atoms with E-state index in [1.165, 1.54) is 12.1 Å². The number of nitrogens with one attached hydrogen (secondary N) is 1. The van der Waals surface area contributed by atoms with Crippen LogP contribution in [0.2, 0.25) is 0 Å². The van der Waals surface area contributed by atoms with Gasteiger partial charge in [-0.1, -0.05) is 6.07 Å². The van der Waals surface area contributed by atoms with E-state index in [0.29, 0.717) is 12.5 Å². The van der Waals surface area contributed by atoms with Gasteiger partial charge in [0.15, 0.2) is 11.6 Å². The Morgan fingerprint density at radius 1 is 1.38 bits per heavy atom. The molecule has 1 N–H and O–H groups in total. The van der Waals surface area contributed by atoms with E-state index in [0.717, 1.165) is 44.3 Å². The van der Waals surface area contributed by atoms with Crippen molar-refractivity contribution in [1.29, 1.82) is 0 Å². The number of carbonyl (C=O) groups excluding carboxylic acids is 1. The molecule has 3 nitrogen and oxygen atoms in total. The molecule has 5 heteroatoms. The Labute approximate surface area is 124 Å². The van der Waals surface area contributed by atoms with Crippen molar-refractivity contribution in [3.8, 4) is 0 Å². The topological polar surface area (TPSA) is 32.3 Å². The van der Waals surface area contributed by atoms with Gasteiger partial charge in [0.05, 0.1) is 6.54 Å². The standard InChI is InChI=1S/C16H22F2N2O/c1-19-10-16(21)20-8-2-3-13(11-20)5-4-12-6-7-14(17)15(18)9-12/h6-7,9,13,19H,2-5,8,10-11H2,1H3/t13-/m0/s1. The number of nitrogens with zero attached hydrogens (tertiary/aromatic N) is 1. The Hall–Kier alpha value is -1.49. The van der Waals surface area contributed by atoms with Gasteiger partial charge in [0, 0.05) is 13.1 Å². The Kier molecular flexibility index (Phi) is 5.67. The molecule has 0 radical (unpaired) electrons. The van der Waals surface area contributed by atoms with E-state index in [1.54, 1.807) is 13.1 Å². The van der Waals surface area contributed by atoms with Crippen LogP contribution in [0.15, 0.2) is 18.2 Å². The van der Waals surface area contributed by atoms with E-state index in [-0.39, 0.29) is 5.91 Å². The number of aryl methyl sites for hydroxylation is 1. The van der Waals surface area contributed by atoms with Crippen LogP contribution in [0.5, 0.6) is 0 Å². The van der Waals surface area contributed by atoms with Crippen LogP contribution in [-0.2, 0) is 11.2 Å². The number of carbonyl (C=O) groups is 1. The molecule has 1 aromatic carbocycles. The minimum atomic E-state index is -0.805. The molecule has 21 heavy (non-hydrogen) atoms. The minimum Gasteiger partial charge on any atom is -0.341 e. The first-order chi connectivity index (χ1) is 10.1. The molecular formula is C16H22F2N2O. The number of rotatable bonds is 5. The summed E-state index contributed by atoms with van der Waals surface area (Å²) in [5.74, 6) is -1.02. The second-order valence-corrected chi connectivity index (χ2v) is 5.67. The normalized spacial score (nSPS) is 18.8. The van der Waals surface area contributed by atoms with E-state index >= 15 is 0 Å². The number of amides is 1. The maximum Gasteiger partial charge on any atom is 0.236 e. The van der Waals surface area contributed by atoms with E-state index in [1.807, 2.05) is 4.90 Å². The van der Waals surface area contributed by atoms with Gasteiger partial charge in [-0.05, 0) is 56.3 Å². The molecule has 1 aliphatic rings. The van der Waals surface area contributed by atoms with Gasteiger partial charge in [-0.2, -0.15) is 0 Å². The largest absolute Gasteiger partial charge is 0.341 e. The molecular weight excluding hydrogens is 274 g/mol. The summed E-state index contributed by atoms with van der Waals surface area (Å²) >= 11 is 0. The monoisotopic (exact) mass is 296 g/mol. The SMILES string of the molecule is CNCC(=O)N1CCC[C@@H](CCc2ccc(F)c(F)c2)C1. The molecule has 1 atom stereocenters. The summed E-state index contributed by atoms with van der Waals surface area (Å²) < 4.78 is 26.0. The lowest BCUT2D eigenvalue weighted by Gasteiger charge is -2.33. The molecule has 0 aliphatic carbocycles. The van der Waals surface area contributed by atoms with Crippen molar-refractivity contribution in [2.45, 2.75) is 25.7 Å². The molecule has 1 amide bonds. The molecule has 1 aliphatic heterocycles. The predicted molar refractivity (Wildman–Crippen MR) is 77.9 cm³/mol. The fraction of sp³-hybridized carbons (Fsp3) is 0.562. The number of halogens is 2. The van der Waals surface area contributed by atoms with Crippen molar-refractivity contribution in [2.75, 3.05) is 26.7 Å². The number of hydrogen-bond donors (Lipinski definition) is 1. The van der Waals surface area contributed by atoms with Crippen LogP contribution in [0.1, 0.15) is 24.8 Å². The highest BCUT2D eigenvalue weighted by Gasteiger charge is 2.22. The number of hydrogen-bond acceptors (Lipinski definition) is 2. The lowest BCUT2D eigenvalue weighted by atomic mass is 9.91. The van der Waals surface area contributed by atoms with E-state index in [9.17, 15) is 13.6 Å². The van der Waals surface area contributed by atoms with Crippen LogP contribution >= 0.6 is 0 Å². The molecule has 0 spiro atoms. The highest BCUT2D eigenvalue weighted by Crippen LogP contribution is 2.22. The molecule has 0 unspecified atom stereocenters. The average Bonchev–Trinajstić information content (AvgIpc) is 2.49. The molecule has 2 rings (SSSR count). The number of benzene rings is 1. The van der Waals surface area contributed by atoms with Crippen molar-refractivity contribution >= 4 is 5.91 Å². The summed E-state index contributed by atoms with van der Waals surface area (Å²) in [6.07, 6.45) is 3.72. The Morgan fingerprint density at radius 3 is 2.90 bits per heavy atom. The van der Waals surface area contributed by atoms with Gasteiger partial charge in [-0.3, -0.25) is 4.79 Å². The van der Waals surface area contributed by atoms with Crippen LogP contribution < -0.4 is 5.32 Å². The van der Waals surface area contributed by atoms with Crippen LogP contribution in [0.25, 0.3) is 0 Å². The van der Waals surface area contributed by atoms with Gasteiger partial charge < -0.3 is 10.2 Å². The molecule has 1 saturated heterocycles. The fourth-order valence-corrected chi connectivity index (χ4v) is 2.86. The summed E-state index contributed by atoms with van der Waals surface area (Å²) in [5.41, 5.74) is 0.813. The molecule has 116 valence electrons. The first kappa shape index (κ1) is 15.9. The van der Waals surface area contributed by atoms with E-state index in [4.69, 9.17) is 0 Å². The maximum absolute atomic E-state index is 13.2.